The first-order valence-corrected chi connectivity index (χ1v) is 9.03. The van der Waals surface area contributed by atoms with Crippen molar-refractivity contribution in [2.24, 2.45) is 5.92 Å². The number of cyclic esters (lactones) is 1. The van der Waals surface area contributed by atoms with Gasteiger partial charge in [-0.15, -0.1) is 0 Å². The van der Waals surface area contributed by atoms with Crippen molar-refractivity contribution in [3.8, 4) is 0 Å². The molecule has 0 spiro atoms. The molecule has 0 saturated carbocycles. The molecule has 1 aromatic carbocycles. The highest BCUT2D eigenvalue weighted by Crippen LogP contribution is 2.22. The van der Waals surface area contributed by atoms with Crippen LogP contribution in [0.2, 0.25) is 0 Å². The third-order valence-corrected chi connectivity index (χ3v) is 4.95. The van der Waals surface area contributed by atoms with Gasteiger partial charge in [-0.2, -0.15) is 0 Å². The summed E-state index contributed by atoms with van der Waals surface area (Å²) in [7, 11) is 0. The Morgan fingerprint density at radius 2 is 1.96 bits per heavy atom. The van der Waals surface area contributed by atoms with E-state index in [4.69, 9.17) is 9.47 Å². The predicted octanol–water partition coefficient (Wildman–Crippen LogP) is 2.28. The summed E-state index contributed by atoms with van der Waals surface area (Å²) >= 11 is 0. The van der Waals surface area contributed by atoms with Crippen molar-refractivity contribution in [2.45, 2.75) is 32.2 Å². The zero-order valence-electron chi connectivity index (χ0n) is 14.7. The van der Waals surface area contributed by atoms with Crippen LogP contribution in [0.25, 0.3) is 0 Å². The predicted molar refractivity (Wildman–Crippen MR) is 92.9 cm³/mol. The number of hydrogen-bond acceptors (Lipinski definition) is 5. The lowest BCUT2D eigenvalue weighted by atomic mass is 9.97. The van der Waals surface area contributed by atoms with E-state index in [1.165, 1.54) is 5.56 Å². The Hall–Kier alpha value is -2.08. The summed E-state index contributed by atoms with van der Waals surface area (Å²) in [5.41, 5.74) is 1.21. The zero-order valence-corrected chi connectivity index (χ0v) is 14.7. The highest BCUT2D eigenvalue weighted by molar-refractivity contribution is 5.72. The van der Waals surface area contributed by atoms with E-state index in [-0.39, 0.29) is 24.0 Å². The lowest BCUT2D eigenvalue weighted by Crippen LogP contribution is -2.47. The van der Waals surface area contributed by atoms with Gasteiger partial charge in [0.15, 0.2) is 0 Å². The van der Waals surface area contributed by atoms with E-state index in [0.29, 0.717) is 19.9 Å². The van der Waals surface area contributed by atoms with Gasteiger partial charge in [0, 0.05) is 13.1 Å². The second-order valence-electron chi connectivity index (χ2n) is 6.68. The molecule has 6 heteroatoms. The van der Waals surface area contributed by atoms with Crippen LogP contribution in [0.3, 0.4) is 0 Å². The molecular formula is C19H26N2O4. The number of esters is 1. The van der Waals surface area contributed by atoms with Crippen LogP contribution in [0, 0.1) is 5.92 Å². The highest BCUT2D eigenvalue weighted by Gasteiger charge is 2.35. The first-order valence-electron chi connectivity index (χ1n) is 9.03. The van der Waals surface area contributed by atoms with Crippen LogP contribution in [0.4, 0.5) is 4.79 Å². The highest BCUT2D eigenvalue weighted by atomic mass is 16.6. The molecule has 136 valence electrons. The summed E-state index contributed by atoms with van der Waals surface area (Å²) in [5.74, 6) is -0.105. The normalized spacial score (nSPS) is 22.0. The van der Waals surface area contributed by atoms with Gasteiger partial charge in [0.05, 0.1) is 25.2 Å². The summed E-state index contributed by atoms with van der Waals surface area (Å²) in [6.07, 6.45) is 2.12. The van der Waals surface area contributed by atoms with Gasteiger partial charge in [0.1, 0.15) is 6.61 Å². The van der Waals surface area contributed by atoms with E-state index < -0.39 is 0 Å². The van der Waals surface area contributed by atoms with E-state index in [0.717, 1.165) is 32.4 Å². The van der Waals surface area contributed by atoms with E-state index >= 15 is 0 Å². The molecule has 0 radical (unpaired) electrons. The molecule has 3 rings (SSSR count). The third-order valence-electron chi connectivity index (χ3n) is 4.95. The summed E-state index contributed by atoms with van der Waals surface area (Å²) in [4.78, 5) is 28.0. The van der Waals surface area contributed by atoms with Crippen molar-refractivity contribution in [2.75, 3.05) is 33.0 Å². The fraction of sp³-hybridized carbons (Fsp3) is 0.579. The van der Waals surface area contributed by atoms with Crippen molar-refractivity contribution >= 4 is 12.1 Å². The maximum atomic E-state index is 12.1. The summed E-state index contributed by atoms with van der Waals surface area (Å²) in [5, 5.41) is 0. The van der Waals surface area contributed by atoms with Gasteiger partial charge < -0.3 is 9.47 Å². The lowest BCUT2D eigenvalue weighted by Gasteiger charge is -2.34. The van der Waals surface area contributed by atoms with Gasteiger partial charge in [-0.3, -0.25) is 14.6 Å². The second kappa shape index (κ2) is 8.34. The molecule has 0 unspecified atom stereocenters. The van der Waals surface area contributed by atoms with E-state index in [1.807, 2.05) is 30.0 Å². The average molecular weight is 346 g/mol. The largest absolute Gasteiger partial charge is 0.466 e. The van der Waals surface area contributed by atoms with E-state index in [1.54, 1.807) is 0 Å². The quantitative estimate of drug-likeness (QED) is 0.740. The average Bonchev–Trinajstić information content (AvgIpc) is 2.97. The Bertz CT molecular complexity index is 584. The molecule has 2 heterocycles. The van der Waals surface area contributed by atoms with Crippen LogP contribution in [0.15, 0.2) is 30.3 Å². The van der Waals surface area contributed by atoms with Crippen LogP contribution in [-0.2, 0) is 20.7 Å². The number of piperidine rings is 1. The Morgan fingerprint density at radius 1 is 1.24 bits per heavy atom. The number of ether oxygens (including phenoxy) is 2. The topological polar surface area (TPSA) is 59.1 Å². The minimum Gasteiger partial charge on any atom is -0.466 e. The molecule has 1 atom stereocenters. The van der Waals surface area contributed by atoms with Gasteiger partial charge in [0.2, 0.25) is 0 Å². The maximum Gasteiger partial charge on any atom is 0.411 e. The van der Waals surface area contributed by atoms with Crippen molar-refractivity contribution in [3.05, 3.63) is 35.9 Å². The number of hydrogen-bond donors (Lipinski definition) is 0. The van der Waals surface area contributed by atoms with Crippen molar-refractivity contribution < 1.29 is 19.1 Å². The van der Waals surface area contributed by atoms with Gasteiger partial charge in [0.25, 0.3) is 0 Å². The van der Waals surface area contributed by atoms with Crippen LogP contribution < -0.4 is 0 Å². The van der Waals surface area contributed by atoms with Crippen molar-refractivity contribution in [1.82, 2.24) is 9.80 Å². The number of carbonyl (C=O) groups excluding carboxylic acids is 2. The van der Waals surface area contributed by atoms with Crippen molar-refractivity contribution in [3.63, 3.8) is 0 Å². The number of amides is 1. The van der Waals surface area contributed by atoms with Crippen LogP contribution in [0.5, 0.6) is 0 Å². The second-order valence-corrected chi connectivity index (χ2v) is 6.68. The molecule has 2 fully saturated rings. The van der Waals surface area contributed by atoms with Crippen LogP contribution in [-0.4, -0.2) is 60.9 Å². The SMILES string of the molecule is CCOC(=O)C1CCN(CN2C(=O)OC[C@@H]2Cc2ccccc2)CC1. The Morgan fingerprint density at radius 3 is 2.64 bits per heavy atom. The lowest BCUT2D eigenvalue weighted by molar-refractivity contribution is -0.149. The Labute approximate surface area is 148 Å². The number of benzene rings is 1. The molecule has 0 aliphatic carbocycles. The molecule has 1 aromatic rings. The number of carbonyl (C=O) groups is 2. The smallest absolute Gasteiger partial charge is 0.411 e. The van der Waals surface area contributed by atoms with Crippen molar-refractivity contribution in [1.29, 1.82) is 0 Å². The minimum atomic E-state index is -0.242. The molecule has 0 N–H and O–H groups in total. The van der Waals surface area contributed by atoms with Gasteiger partial charge in [-0.1, -0.05) is 30.3 Å². The number of rotatable bonds is 6. The summed E-state index contributed by atoms with van der Waals surface area (Å²) in [6.45, 7) is 4.86. The Balaban J connectivity index is 1.52. The van der Waals surface area contributed by atoms with Gasteiger partial charge in [-0.25, -0.2) is 4.79 Å². The maximum absolute atomic E-state index is 12.1. The fourth-order valence-corrected chi connectivity index (χ4v) is 3.50. The summed E-state index contributed by atoms with van der Waals surface area (Å²) < 4.78 is 10.4. The van der Waals surface area contributed by atoms with Crippen LogP contribution in [0.1, 0.15) is 25.3 Å². The molecule has 0 aromatic heterocycles. The molecule has 0 bridgehead atoms. The van der Waals surface area contributed by atoms with Crippen LogP contribution >= 0.6 is 0 Å². The number of nitrogens with zero attached hydrogens (tertiary/aromatic N) is 2. The molecule has 2 aliphatic rings. The number of likely N-dealkylation sites (tertiary alicyclic amines) is 1. The molecule has 6 nitrogen and oxygen atoms in total. The molecular weight excluding hydrogens is 320 g/mol. The first kappa shape index (κ1) is 17.7. The molecule has 2 aliphatic heterocycles. The van der Waals surface area contributed by atoms with Gasteiger partial charge in [-0.05, 0) is 31.7 Å². The van der Waals surface area contributed by atoms with Gasteiger partial charge >= 0.3 is 12.1 Å². The summed E-state index contributed by atoms with van der Waals surface area (Å²) in [6, 6.07) is 10.2. The third kappa shape index (κ3) is 4.51. The molecule has 25 heavy (non-hydrogen) atoms. The molecule has 1 amide bonds. The standard InChI is InChI=1S/C19H26N2O4/c1-2-24-18(22)16-8-10-20(11-9-16)14-21-17(13-25-19(21)23)12-15-6-4-3-5-7-15/h3-7,16-17H,2,8-14H2,1H3/t17-/m0/s1. The first-order chi connectivity index (χ1) is 12.2. The Kier molecular flexibility index (Phi) is 5.91. The minimum absolute atomic E-state index is 0.0122. The van der Waals surface area contributed by atoms with E-state index in [2.05, 4.69) is 17.0 Å². The molecule has 2 saturated heterocycles. The monoisotopic (exact) mass is 346 g/mol. The zero-order chi connectivity index (χ0) is 17.6. The van der Waals surface area contributed by atoms with E-state index in [9.17, 15) is 9.59 Å². The fourth-order valence-electron chi connectivity index (χ4n) is 3.50.